The van der Waals surface area contributed by atoms with Crippen molar-refractivity contribution in [2.45, 2.75) is 56.6 Å². The van der Waals surface area contributed by atoms with Gasteiger partial charge in [-0.1, -0.05) is 62.2 Å². The van der Waals surface area contributed by atoms with E-state index in [0.29, 0.717) is 17.0 Å². The molecule has 1 heterocycles. The molecule has 2 aromatic rings. The zero-order valence-electron chi connectivity index (χ0n) is 14.0. The van der Waals surface area contributed by atoms with Crippen molar-refractivity contribution in [3.8, 4) is 11.4 Å². The van der Waals surface area contributed by atoms with Gasteiger partial charge in [-0.05, 0) is 24.8 Å². The summed E-state index contributed by atoms with van der Waals surface area (Å²) in [6.07, 6.45) is 6.97. The van der Waals surface area contributed by atoms with Crippen LogP contribution in [0.5, 0.6) is 0 Å². The first-order valence-corrected chi connectivity index (χ1v) is 9.67. The summed E-state index contributed by atoms with van der Waals surface area (Å²) in [5.41, 5.74) is 2.31. The molecule has 6 heteroatoms. The van der Waals surface area contributed by atoms with Gasteiger partial charge in [0.2, 0.25) is 11.1 Å². The molecule has 1 amide bonds. The van der Waals surface area contributed by atoms with E-state index in [2.05, 4.69) is 39.6 Å². The summed E-state index contributed by atoms with van der Waals surface area (Å²) >= 11 is 1.37. The molecule has 0 radical (unpaired) electrons. The van der Waals surface area contributed by atoms with E-state index in [9.17, 15) is 4.79 Å². The predicted molar refractivity (Wildman–Crippen MR) is 96.9 cm³/mol. The number of carbonyl (C=O) groups is 1. The van der Waals surface area contributed by atoms with E-state index in [1.165, 1.54) is 36.6 Å². The van der Waals surface area contributed by atoms with E-state index in [4.69, 9.17) is 0 Å². The fraction of sp³-hybridized carbons (Fsp3) is 0.500. The second-order valence-electron chi connectivity index (χ2n) is 6.21. The lowest BCUT2D eigenvalue weighted by Crippen LogP contribution is -2.37. The maximum absolute atomic E-state index is 12.0. The molecule has 1 aromatic carbocycles. The lowest BCUT2D eigenvalue weighted by atomic mass is 9.95. The number of benzene rings is 1. The van der Waals surface area contributed by atoms with Crippen molar-refractivity contribution in [3.05, 3.63) is 29.8 Å². The highest BCUT2D eigenvalue weighted by molar-refractivity contribution is 7.99. The zero-order valence-corrected chi connectivity index (χ0v) is 14.9. The number of rotatable bonds is 6. The van der Waals surface area contributed by atoms with Crippen molar-refractivity contribution in [2.24, 2.45) is 0 Å². The summed E-state index contributed by atoms with van der Waals surface area (Å²) in [5.74, 6) is 1.18. The number of hydrogen-bond acceptors (Lipinski definition) is 4. The summed E-state index contributed by atoms with van der Waals surface area (Å²) in [6.45, 7) is 2.14. The van der Waals surface area contributed by atoms with Gasteiger partial charge in [0.1, 0.15) is 0 Å². The third kappa shape index (κ3) is 4.60. The minimum absolute atomic E-state index is 0.0746. The minimum Gasteiger partial charge on any atom is -0.353 e. The highest BCUT2D eigenvalue weighted by Gasteiger charge is 2.16. The number of aromatic nitrogens is 3. The highest BCUT2D eigenvalue weighted by atomic mass is 32.2. The number of H-pyrrole nitrogens is 1. The van der Waals surface area contributed by atoms with Crippen LogP contribution >= 0.6 is 11.8 Å². The van der Waals surface area contributed by atoms with Crippen molar-refractivity contribution in [3.63, 3.8) is 0 Å². The summed E-state index contributed by atoms with van der Waals surface area (Å²) in [6, 6.07) is 8.64. The second kappa shape index (κ2) is 8.33. The van der Waals surface area contributed by atoms with Gasteiger partial charge in [-0.2, -0.15) is 0 Å². The number of amides is 1. The summed E-state index contributed by atoms with van der Waals surface area (Å²) in [7, 11) is 0. The van der Waals surface area contributed by atoms with Crippen LogP contribution in [-0.2, 0) is 11.2 Å². The topological polar surface area (TPSA) is 70.7 Å². The summed E-state index contributed by atoms with van der Waals surface area (Å²) in [4.78, 5) is 16.5. The number of thioether (sulfide) groups is 1. The Hall–Kier alpha value is -1.82. The molecule has 0 unspecified atom stereocenters. The van der Waals surface area contributed by atoms with Crippen molar-refractivity contribution >= 4 is 17.7 Å². The number of aromatic amines is 1. The van der Waals surface area contributed by atoms with Crippen molar-refractivity contribution < 1.29 is 4.79 Å². The Morgan fingerprint density at radius 1 is 1.25 bits per heavy atom. The van der Waals surface area contributed by atoms with E-state index in [0.717, 1.165) is 30.7 Å². The van der Waals surface area contributed by atoms with Gasteiger partial charge in [-0.15, -0.1) is 5.10 Å². The van der Waals surface area contributed by atoms with Crippen LogP contribution < -0.4 is 5.32 Å². The normalized spacial score (nSPS) is 15.4. The molecule has 0 saturated heterocycles. The number of aryl methyl sites for hydroxylation is 1. The van der Waals surface area contributed by atoms with Crippen LogP contribution in [-0.4, -0.2) is 32.9 Å². The van der Waals surface area contributed by atoms with E-state index in [1.807, 2.05) is 12.1 Å². The number of nitrogens with one attached hydrogen (secondary N) is 2. The standard InChI is InChI=1S/C18H24N4OS/c1-2-13-8-10-14(11-9-13)17-20-18(22-21-17)24-12-16(23)19-15-6-4-3-5-7-15/h8-11,15H,2-7,12H2,1H3,(H,19,23)(H,20,21,22). The molecule has 1 aliphatic rings. The smallest absolute Gasteiger partial charge is 0.230 e. The Morgan fingerprint density at radius 3 is 2.71 bits per heavy atom. The molecule has 0 bridgehead atoms. The van der Waals surface area contributed by atoms with Gasteiger partial charge in [-0.25, -0.2) is 4.98 Å². The Bertz CT molecular complexity index is 662. The maximum Gasteiger partial charge on any atom is 0.230 e. The van der Waals surface area contributed by atoms with Gasteiger partial charge in [-0.3, -0.25) is 9.89 Å². The average molecular weight is 344 g/mol. The molecule has 2 N–H and O–H groups in total. The van der Waals surface area contributed by atoms with Gasteiger partial charge in [0, 0.05) is 11.6 Å². The Labute approximate surface area is 147 Å². The van der Waals surface area contributed by atoms with Gasteiger partial charge in [0.25, 0.3) is 0 Å². The second-order valence-corrected chi connectivity index (χ2v) is 7.15. The van der Waals surface area contributed by atoms with E-state index in [1.54, 1.807) is 0 Å². The SMILES string of the molecule is CCc1ccc(-c2nc(SCC(=O)NC3CCCCC3)n[nH]2)cc1. The molecular formula is C18H24N4OS. The van der Waals surface area contributed by atoms with Crippen LogP contribution in [0.2, 0.25) is 0 Å². The van der Waals surface area contributed by atoms with Crippen LogP contribution in [0.1, 0.15) is 44.6 Å². The highest BCUT2D eigenvalue weighted by Crippen LogP contribution is 2.21. The Kier molecular flexibility index (Phi) is 5.91. The molecule has 3 rings (SSSR count). The lowest BCUT2D eigenvalue weighted by molar-refractivity contribution is -0.119. The Balaban J connectivity index is 1.50. The molecule has 0 atom stereocenters. The predicted octanol–water partition coefficient (Wildman–Crippen LogP) is 3.58. The monoisotopic (exact) mass is 344 g/mol. The Morgan fingerprint density at radius 2 is 2.00 bits per heavy atom. The fourth-order valence-electron chi connectivity index (χ4n) is 2.98. The van der Waals surface area contributed by atoms with Crippen LogP contribution in [0, 0.1) is 0 Å². The molecule has 1 aliphatic carbocycles. The zero-order chi connectivity index (χ0) is 16.8. The third-order valence-electron chi connectivity index (χ3n) is 4.40. The molecular weight excluding hydrogens is 320 g/mol. The molecule has 5 nitrogen and oxygen atoms in total. The van der Waals surface area contributed by atoms with Gasteiger partial charge in [0.05, 0.1) is 5.75 Å². The van der Waals surface area contributed by atoms with Crippen molar-refractivity contribution in [1.29, 1.82) is 0 Å². The largest absolute Gasteiger partial charge is 0.353 e. The number of nitrogens with zero attached hydrogens (tertiary/aromatic N) is 2. The van der Waals surface area contributed by atoms with Gasteiger partial charge in [0.15, 0.2) is 5.82 Å². The van der Waals surface area contributed by atoms with Gasteiger partial charge >= 0.3 is 0 Å². The van der Waals surface area contributed by atoms with Gasteiger partial charge < -0.3 is 5.32 Å². The van der Waals surface area contributed by atoms with Crippen LogP contribution in [0.3, 0.4) is 0 Å². The molecule has 0 spiro atoms. The van der Waals surface area contributed by atoms with E-state index < -0.39 is 0 Å². The van der Waals surface area contributed by atoms with Crippen LogP contribution in [0.25, 0.3) is 11.4 Å². The third-order valence-corrected chi connectivity index (χ3v) is 5.25. The quantitative estimate of drug-likeness (QED) is 0.786. The molecule has 1 fully saturated rings. The fourth-order valence-corrected chi connectivity index (χ4v) is 3.59. The molecule has 0 aliphatic heterocycles. The first-order chi connectivity index (χ1) is 11.7. The average Bonchev–Trinajstić information content (AvgIpc) is 3.10. The lowest BCUT2D eigenvalue weighted by Gasteiger charge is -2.22. The van der Waals surface area contributed by atoms with Crippen molar-refractivity contribution in [1.82, 2.24) is 20.5 Å². The maximum atomic E-state index is 12.0. The molecule has 1 aromatic heterocycles. The minimum atomic E-state index is 0.0746. The van der Waals surface area contributed by atoms with Crippen LogP contribution in [0.4, 0.5) is 0 Å². The van der Waals surface area contributed by atoms with E-state index >= 15 is 0 Å². The first kappa shape index (κ1) is 17.0. The van der Waals surface area contributed by atoms with Crippen LogP contribution in [0.15, 0.2) is 29.4 Å². The molecule has 1 saturated carbocycles. The number of carbonyl (C=O) groups excluding carboxylic acids is 1. The van der Waals surface area contributed by atoms with E-state index in [-0.39, 0.29) is 5.91 Å². The number of hydrogen-bond donors (Lipinski definition) is 2. The van der Waals surface area contributed by atoms with Crippen molar-refractivity contribution in [2.75, 3.05) is 5.75 Å². The summed E-state index contributed by atoms with van der Waals surface area (Å²) < 4.78 is 0. The summed E-state index contributed by atoms with van der Waals surface area (Å²) in [5, 5.41) is 10.9. The molecule has 128 valence electrons. The molecule has 24 heavy (non-hydrogen) atoms. The first-order valence-electron chi connectivity index (χ1n) is 8.68.